The van der Waals surface area contributed by atoms with Gasteiger partial charge in [0.15, 0.2) is 10.8 Å². The number of ether oxygens (including phenoxy) is 2. The average Bonchev–Trinajstić information content (AvgIpc) is 4.02. The maximum Gasteiger partial charge on any atom is 0.358 e. The highest BCUT2D eigenvalue weighted by Crippen LogP contribution is 2.37. The van der Waals surface area contributed by atoms with Gasteiger partial charge in [-0.1, -0.05) is 47.7 Å². The summed E-state index contributed by atoms with van der Waals surface area (Å²) in [5.41, 5.74) is 5.08. The lowest BCUT2D eigenvalue weighted by Gasteiger charge is -2.38. The van der Waals surface area contributed by atoms with Crippen molar-refractivity contribution in [2.45, 2.75) is 84.4 Å². The van der Waals surface area contributed by atoms with Crippen molar-refractivity contribution < 1.29 is 47.4 Å². The monoisotopic (exact) mass is 1100 g/mol. The third-order valence-corrected chi connectivity index (χ3v) is 16.7. The van der Waals surface area contributed by atoms with Crippen molar-refractivity contribution in [2.24, 2.45) is 5.92 Å². The number of hydrogen-bond donors (Lipinski definition) is 2. The van der Waals surface area contributed by atoms with Crippen molar-refractivity contribution in [1.82, 2.24) is 30.0 Å². The average molecular weight is 1100 g/mol. The van der Waals surface area contributed by atoms with Crippen LogP contribution in [0.1, 0.15) is 111 Å². The number of likely N-dealkylation sites (tertiary alicyclic amines) is 1. The Morgan fingerprint density at radius 2 is 1.54 bits per heavy atom. The predicted octanol–water partition coefficient (Wildman–Crippen LogP) is 7.81. The Morgan fingerprint density at radius 1 is 0.787 bits per heavy atom. The van der Waals surface area contributed by atoms with Crippen LogP contribution < -0.4 is 25.2 Å². The number of imide groups is 2. The molecule has 0 aliphatic carbocycles. The maximum atomic E-state index is 15.6. The molecule has 5 aliphatic heterocycles. The molecule has 6 amide bonds. The smallest absolute Gasteiger partial charge is 0.358 e. The molecule has 1 unspecified atom stereocenters. The van der Waals surface area contributed by atoms with E-state index < -0.39 is 47.1 Å². The molecule has 7 heterocycles. The van der Waals surface area contributed by atoms with Gasteiger partial charge in [0.2, 0.25) is 17.7 Å². The van der Waals surface area contributed by atoms with E-state index >= 15 is 4.39 Å². The molecule has 5 aliphatic rings. The molecule has 414 valence electrons. The number of halogens is 1. The number of nitrogens with one attached hydrogen (secondary N) is 2. The number of benzene rings is 4. The van der Waals surface area contributed by atoms with E-state index in [0.717, 1.165) is 75.8 Å². The number of rotatable bonds is 13. The van der Waals surface area contributed by atoms with E-state index in [2.05, 4.69) is 31.5 Å². The molecular formula is C60H62FN9O9S. The van der Waals surface area contributed by atoms with E-state index in [4.69, 9.17) is 14.5 Å². The van der Waals surface area contributed by atoms with Gasteiger partial charge < -0.3 is 24.2 Å². The second-order valence-electron chi connectivity index (χ2n) is 22.1. The van der Waals surface area contributed by atoms with Crippen LogP contribution in [0.3, 0.4) is 0 Å². The molecule has 6 aromatic rings. The van der Waals surface area contributed by atoms with Gasteiger partial charge in [-0.3, -0.25) is 49.2 Å². The number of carbonyl (C=O) groups is 7. The Balaban J connectivity index is 0.680. The lowest BCUT2D eigenvalue weighted by molar-refractivity contribution is -0.136. The van der Waals surface area contributed by atoms with Crippen molar-refractivity contribution in [1.29, 1.82) is 0 Å². The van der Waals surface area contributed by atoms with Gasteiger partial charge in [-0.25, -0.2) is 19.2 Å². The fourth-order valence-electron chi connectivity index (χ4n) is 11.4. The van der Waals surface area contributed by atoms with Crippen LogP contribution in [-0.4, -0.2) is 137 Å². The zero-order valence-electron chi connectivity index (χ0n) is 45.1. The zero-order chi connectivity index (χ0) is 56.0. The Bertz CT molecular complexity index is 3460. The molecule has 80 heavy (non-hydrogen) atoms. The molecule has 3 saturated heterocycles. The number of fused-ring (bicyclic) bond motifs is 3. The standard InChI is InChI=1S/C60H62FN9O9S/c1-35-38(39-15-17-50(63-53(39)58(77)79-60(2,3)4)69-25-21-37-9-7-11-40(43(37)33-69)54(73)65-59-62-45-12-5-6-14-49(45)80-59)10-8-13-48(35)78-30-22-36-19-23-66(24-20-36)34-52(72)68-28-26-67(27-29-68)47-32-42-41(31-44(47)61)56(75)70(57(42)76)46-16-18-51(71)64-55(46)74/h5-15,17,31-32,36,46H,16,18-30,33-34H2,1-4H3,(H,62,65,73)(H,64,71,74). The summed E-state index contributed by atoms with van der Waals surface area (Å²) in [5, 5.41) is 5.72. The van der Waals surface area contributed by atoms with E-state index in [-0.39, 0.29) is 53.7 Å². The van der Waals surface area contributed by atoms with E-state index in [0.29, 0.717) is 86.0 Å². The number of thiazole rings is 1. The minimum atomic E-state index is -1.15. The van der Waals surface area contributed by atoms with Crippen LogP contribution >= 0.6 is 11.3 Å². The van der Waals surface area contributed by atoms with Gasteiger partial charge in [0.1, 0.15) is 29.0 Å². The molecule has 0 radical (unpaired) electrons. The largest absolute Gasteiger partial charge is 0.493 e. The summed E-state index contributed by atoms with van der Waals surface area (Å²) in [7, 11) is 0. The molecule has 2 aromatic heterocycles. The van der Waals surface area contributed by atoms with Crippen LogP contribution in [0.15, 0.2) is 84.9 Å². The van der Waals surface area contributed by atoms with E-state index in [1.807, 2.05) is 94.4 Å². The first-order chi connectivity index (χ1) is 38.5. The third kappa shape index (κ3) is 11.1. The van der Waals surface area contributed by atoms with Crippen molar-refractivity contribution in [3.8, 4) is 16.9 Å². The highest BCUT2D eigenvalue weighted by atomic mass is 32.1. The van der Waals surface area contributed by atoms with Crippen LogP contribution in [0.4, 0.5) is 21.0 Å². The summed E-state index contributed by atoms with van der Waals surface area (Å²) in [5.74, 6) is -2.46. The zero-order valence-corrected chi connectivity index (χ0v) is 46.0. The van der Waals surface area contributed by atoms with Crippen LogP contribution in [0, 0.1) is 18.7 Å². The molecule has 0 bridgehead atoms. The van der Waals surface area contributed by atoms with Crippen LogP contribution in [-0.2, 0) is 32.1 Å². The van der Waals surface area contributed by atoms with Gasteiger partial charge in [-0.05, 0) is 150 Å². The molecule has 2 N–H and O–H groups in total. The second kappa shape index (κ2) is 22.2. The third-order valence-electron chi connectivity index (χ3n) is 15.7. The molecule has 11 rings (SSSR count). The van der Waals surface area contributed by atoms with Gasteiger partial charge in [0.05, 0.1) is 40.2 Å². The Morgan fingerprint density at radius 3 is 2.29 bits per heavy atom. The lowest BCUT2D eigenvalue weighted by atomic mass is 9.94. The van der Waals surface area contributed by atoms with Crippen LogP contribution in [0.5, 0.6) is 5.75 Å². The molecule has 0 saturated carbocycles. The Labute approximate surface area is 466 Å². The first-order valence-corrected chi connectivity index (χ1v) is 28.1. The number of hydrogen-bond acceptors (Lipinski definition) is 15. The summed E-state index contributed by atoms with van der Waals surface area (Å²) in [6.45, 7) is 12.1. The lowest BCUT2D eigenvalue weighted by Crippen LogP contribution is -2.54. The quantitative estimate of drug-likeness (QED) is 0.0837. The fourth-order valence-corrected chi connectivity index (χ4v) is 12.3. The normalized spacial score (nSPS) is 18.1. The molecule has 4 aromatic carbocycles. The second-order valence-corrected chi connectivity index (χ2v) is 23.1. The molecule has 1 atom stereocenters. The number of aromatic nitrogens is 2. The topological polar surface area (TPSA) is 204 Å². The number of amides is 6. The summed E-state index contributed by atoms with van der Waals surface area (Å²) >= 11 is 1.43. The summed E-state index contributed by atoms with van der Waals surface area (Å²) < 4.78 is 29.0. The van der Waals surface area contributed by atoms with E-state index in [1.165, 1.54) is 17.4 Å². The number of anilines is 3. The minimum absolute atomic E-state index is 0.00271. The van der Waals surface area contributed by atoms with Gasteiger partial charge in [-0.2, -0.15) is 0 Å². The van der Waals surface area contributed by atoms with Gasteiger partial charge >= 0.3 is 5.97 Å². The number of nitrogens with zero attached hydrogens (tertiary/aromatic N) is 7. The number of carbonyl (C=O) groups excluding carboxylic acids is 7. The SMILES string of the molecule is Cc1c(OCCC2CCN(CC(=O)N3CCN(c4cc5c(cc4F)C(=O)N(C4CCC(=O)NC4=O)C5=O)CC3)CC2)cccc1-c1ccc(N2CCc3cccc(C(=O)Nc4nc5ccccc5s4)c3C2)nc1C(=O)OC(C)(C)C. The van der Waals surface area contributed by atoms with Gasteiger partial charge in [-0.15, -0.1) is 0 Å². The van der Waals surface area contributed by atoms with E-state index in [1.54, 1.807) is 9.80 Å². The van der Waals surface area contributed by atoms with Gasteiger partial charge in [0.25, 0.3) is 17.7 Å². The molecule has 18 nitrogen and oxygen atoms in total. The summed E-state index contributed by atoms with van der Waals surface area (Å²) in [6.07, 6.45) is 3.30. The summed E-state index contributed by atoms with van der Waals surface area (Å²) in [4.78, 5) is 110. The number of para-hydroxylation sites is 1. The predicted molar refractivity (Wildman–Crippen MR) is 299 cm³/mol. The first-order valence-electron chi connectivity index (χ1n) is 27.3. The maximum absolute atomic E-state index is 15.6. The van der Waals surface area contributed by atoms with E-state index in [9.17, 15) is 33.6 Å². The highest BCUT2D eigenvalue weighted by molar-refractivity contribution is 7.22. The number of esters is 1. The molecule has 20 heteroatoms. The summed E-state index contributed by atoms with van der Waals surface area (Å²) in [6, 6.07) is 24.4. The molecule has 3 fully saturated rings. The Kier molecular flexibility index (Phi) is 15.0. The van der Waals surface area contributed by atoms with Crippen LogP contribution in [0.2, 0.25) is 0 Å². The van der Waals surface area contributed by atoms with Crippen molar-refractivity contribution in [3.05, 3.63) is 130 Å². The van der Waals surface area contributed by atoms with Gasteiger partial charge in [0, 0.05) is 56.8 Å². The minimum Gasteiger partial charge on any atom is -0.493 e. The van der Waals surface area contributed by atoms with Crippen LogP contribution in [0.25, 0.3) is 21.3 Å². The molecule has 0 spiro atoms. The fraction of sp³-hybridized carbons (Fsp3) is 0.383. The van der Waals surface area contributed by atoms with Crippen molar-refractivity contribution in [3.63, 3.8) is 0 Å². The highest BCUT2D eigenvalue weighted by Gasteiger charge is 2.45. The first kappa shape index (κ1) is 53.9. The number of pyridine rings is 1. The number of piperidine rings is 2. The number of piperazine rings is 1. The van der Waals surface area contributed by atoms with Crippen molar-refractivity contribution in [2.75, 3.05) is 74.1 Å². The Hall–Kier alpha value is -8.10. The van der Waals surface area contributed by atoms with Crippen molar-refractivity contribution >= 4 is 79.6 Å². The molecular weight excluding hydrogens is 1040 g/mol.